The molecule has 8 heteroatoms. The van der Waals surface area contributed by atoms with Crippen LogP contribution in [0.5, 0.6) is 0 Å². The van der Waals surface area contributed by atoms with Crippen molar-refractivity contribution in [2.75, 3.05) is 0 Å². The highest BCUT2D eigenvalue weighted by atomic mass is 32.1. The molecule has 0 aromatic heterocycles. The molecule has 0 aliphatic heterocycles. The number of hydrogen-bond donors (Lipinski definition) is 4. The third kappa shape index (κ3) is 8.63. The van der Waals surface area contributed by atoms with Gasteiger partial charge in [-0.3, -0.25) is 10.9 Å². The van der Waals surface area contributed by atoms with Crippen LogP contribution in [-0.4, -0.2) is 22.7 Å². The van der Waals surface area contributed by atoms with E-state index in [0.717, 1.165) is 22.3 Å². The van der Waals surface area contributed by atoms with E-state index in [1.807, 2.05) is 84.9 Å². The first-order valence-electron chi connectivity index (χ1n) is 10.0. The fourth-order valence-electron chi connectivity index (χ4n) is 2.63. The molecule has 0 amide bonds. The van der Waals surface area contributed by atoms with Crippen molar-refractivity contribution in [3.63, 3.8) is 0 Å². The SMILES string of the molecule is S=C(NCc1ccccc1)NN=Cc1ccc(C=NNC(=S)NCc2ccccc2)cc1. The Kier molecular flexibility index (Phi) is 9.32. The minimum Gasteiger partial charge on any atom is -0.357 e. The van der Waals surface area contributed by atoms with E-state index >= 15 is 0 Å². The van der Waals surface area contributed by atoms with Crippen LogP contribution in [0, 0.1) is 0 Å². The average molecular weight is 461 g/mol. The second-order valence-corrected chi connectivity index (χ2v) is 7.56. The number of benzene rings is 3. The van der Waals surface area contributed by atoms with Gasteiger partial charge in [-0.25, -0.2) is 0 Å². The molecule has 0 spiro atoms. The van der Waals surface area contributed by atoms with Gasteiger partial charge in [0.1, 0.15) is 0 Å². The average Bonchev–Trinajstić information content (AvgIpc) is 2.84. The molecule has 3 aromatic rings. The van der Waals surface area contributed by atoms with Crippen molar-refractivity contribution in [1.82, 2.24) is 21.5 Å². The van der Waals surface area contributed by atoms with Gasteiger partial charge in [0.05, 0.1) is 12.4 Å². The van der Waals surface area contributed by atoms with Gasteiger partial charge in [0.25, 0.3) is 0 Å². The van der Waals surface area contributed by atoms with E-state index in [-0.39, 0.29) is 0 Å². The maximum Gasteiger partial charge on any atom is 0.187 e. The van der Waals surface area contributed by atoms with Gasteiger partial charge in [0.15, 0.2) is 10.2 Å². The predicted molar refractivity (Wildman–Crippen MR) is 140 cm³/mol. The summed E-state index contributed by atoms with van der Waals surface area (Å²) in [5, 5.41) is 15.5. The Morgan fingerprint density at radius 2 is 0.969 bits per heavy atom. The molecule has 0 atom stereocenters. The van der Waals surface area contributed by atoms with E-state index in [1.54, 1.807) is 12.4 Å². The molecule has 3 aromatic carbocycles. The van der Waals surface area contributed by atoms with Crippen molar-refractivity contribution in [3.8, 4) is 0 Å². The van der Waals surface area contributed by atoms with Crippen LogP contribution in [0.4, 0.5) is 0 Å². The Morgan fingerprint density at radius 3 is 1.34 bits per heavy atom. The number of hydrogen-bond acceptors (Lipinski definition) is 4. The molecule has 0 aliphatic rings. The van der Waals surface area contributed by atoms with Crippen LogP contribution >= 0.6 is 24.4 Å². The molecule has 0 unspecified atom stereocenters. The standard InChI is InChI=1S/C24H24N6S2/c31-23(25-15-19-7-3-1-4-8-19)29-27-17-21-11-13-22(14-12-21)18-28-30-24(32)26-16-20-9-5-2-6-10-20/h1-14,17-18H,15-16H2,(H2,25,29,31)(H2,26,30,32). The number of hydrazone groups is 2. The number of nitrogens with zero attached hydrogens (tertiary/aromatic N) is 2. The molecule has 0 aliphatic carbocycles. The molecule has 0 saturated carbocycles. The van der Waals surface area contributed by atoms with E-state index in [1.165, 1.54) is 0 Å². The molecule has 6 nitrogen and oxygen atoms in total. The van der Waals surface area contributed by atoms with E-state index in [0.29, 0.717) is 23.3 Å². The number of rotatable bonds is 8. The van der Waals surface area contributed by atoms with E-state index in [2.05, 4.69) is 31.7 Å². The summed E-state index contributed by atoms with van der Waals surface area (Å²) in [4.78, 5) is 0. The van der Waals surface area contributed by atoms with Crippen molar-refractivity contribution < 1.29 is 0 Å². The molecular formula is C24H24N6S2. The van der Waals surface area contributed by atoms with Gasteiger partial charge in [-0.15, -0.1) is 0 Å². The monoisotopic (exact) mass is 460 g/mol. The molecule has 0 heterocycles. The third-order valence-corrected chi connectivity index (χ3v) is 4.76. The fraction of sp³-hybridized carbons (Fsp3) is 0.0833. The van der Waals surface area contributed by atoms with Gasteiger partial charge in [-0.05, 0) is 46.7 Å². The molecule has 32 heavy (non-hydrogen) atoms. The summed E-state index contributed by atoms with van der Waals surface area (Å²) in [6.07, 6.45) is 3.41. The van der Waals surface area contributed by atoms with Gasteiger partial charge in [-0.2, -0.15) is 10.2 Å². The summed E-state index contributed by atoms with van der Waals surface area (Å²) < 4.78 is 0. The first-order chi connectivity index (χ1) is 15.7. The smallest absolute Gasteiger partial charge is 0.187 e. The second-order valence-electron chi connectivity index (χ2n) is 6.74. The van der Waals surface area contributed by atoms with Crippen LogP contribution in [-0.2, 0) is 13.1 Å². The highest BCUT2D eigenvalue weighted by Crippen LogP contribution is 2.01. The first-order valence-corrected chi connectivity index (χ1v) is 10.8. The Hall–Kier alpha value is -3.62. The number of thiocarbonyl (C=S) groups is 2. The lowest BCUT2D eigenvalue weighted by molar-refractivity contribution is 0.868. The van der Waals surface area contributed by atoms with Gasteiger partial charge in [-0.1, -0.05) is 84.9 Å². The van der Waals surface area contributed by atoms with Crippen LogP contribution in [0.3, 0.4) is 0 Å². The molecule has 3 rings (SSSR count). The molecule has 0 fully saturated rings. The van der Waals surface area contributed by atoms with Gasteiger partial charge >= 0.3 is 0 Å². The highest BCUT2D eigenvalue weighted by Gasteiger charge is 1.96. The molecule has 0 bridgehead atoms. The lowest BCUT2D eigenvalue weighted by Gasteiger charge is -2.07. The van der Waals surface area contributed by atoms with Crippen LogP contribution < -0.4 is 21.5 Å². The second kappa shape index (κ2) is 12.9. The van der Waals surface area contributed by atoms with Crippen LogP contribution in [0.15, 0.2) is 95.1 Å². The van der Waals surface area contributed by atoms with Gasteiger partial charge in [0.2, 0.25) is 0 Å². The highest BCUT2D eigenvalue weighted by molar-refractivity contribution is 7.80. The van der Waals surface area contributed by atoms with Gasteiger partial charge < -0.3 is 10.6 Å². The zero-order chi connectivity index (χ0) is 22.4. The van der Waals surface area contributed by atoms with E-state index in [9.17, 15) is 0 Å². The zero-order valence-electron chi connectivity index (χ0n) is 17.4. The van der Waals surface area contributed by atoms with Crippen molar-refractivity contribution in [2.24, 2.45) is 10.2 Å². The minimum atomic E-state index is 0.469. The predicted octanol–water partition coefficient (Wildman–Crippen LogP) is 3.68. The normalized spacial score (nSPS) is 10.8. The topological polar surface area (TPSA) is 72.8 Å². The van der Waals surface area contributed by atoms with Crippen molar-refractivity contribution in [3.05, 3.63) is 107 Å². The van der Waals surface area contributed by atoms with Crippen LogP contribution in [0.2, 0.25) is 0 Å². The van der Waals surface area contributed by atoms with Gasteiger partial charge in [0, 0.05) is 13.1 Å². The molecule has 162 valence electrons. The lowest BCUT2D eigenvalue weighted by Crippen LogP contribution is -2.31. The Morgan fingerprint density at radius 1 is 0.594 bits per heavy atom. The van der Waals surface area contributed by atoms with Crippen molar-refractivity contribution >= 4 is 47.1 Å². The molecule has 4 N–H and O–H groups in total. The Balaban J connectivity index is 1.36. The quantitative estimate of drug-likeness (QED) is 0.234. The number of nitrogens with one attached hydrogen (secondary N) is 4. The summed E-state index contributed by atoms with van der Waals surface area (Å²) in [7, 11) is 0. The van der Waals surface area contributed by atoms with Crippen molar-refractivity contribution in [1.29, 1.82) is 0 Å². The first kappa shape index (κ1) is 23.1. The lowest BCUT2D eigenvalue weighted by atomic mass is 10.2. The van der Waals surface area contributed by atoms with Crippen LogP contribution in [0.1, 0.15) is 22.3 Å². The fourth-order valence-corrected chi connectivity index (χ4v) is 2.88. The third-order valence-electron chi connectivity index (χ3n) is 4.29. The summed E-state index contributed by atoms with van der Waals surface area (Å²) >= 11 is 10.5. The summed E-state index contributed by atoms with van der Waals surface area (Å²) in [6.45, 7) is 1.30. The minimum absolute atomic E-state index is 0.469. The van der Waals surface area contributed by atoms with Crippen LogP contribution in [0.25, 0.3) is 0 Å². The molecule has 0 radical (unpaired) electrons. The molecular weight excluding hydrogens is 436 g/mol. The Labute approximate surface area is 198 Å². The summed E-state index contributed by atoms with van der Waals surface area (Å²) in [5.74, 6) is 0. The molecule has 0 saturated heterocycles. The summed E-state index contributed by atoms with van der Waals surface area (Å²) in [6, 6.07) is 27.9. The van der Waals surface area contributed by atoms with E-state index in [4.69, 9.17) is 24.4 Å². The maximum absolute atomic E-state index is 5.23. The van der Waals surface area contributed by atoms with E-state index < -0.39 is 0 Å². The maximum atomic E-state index is 5.23. The zero-order valence-corrected chi connectivity index (χ0v) is 19.0. The largest absolute Gasteiger partial charge is 0.357 e. The Bertz CT molecular complexity index is 964. The summed E-state index contributed by atoms with van der Waals surface area (Å²) in [5.41, 5.74) is 9.82. The van der Waals surface area contributed by atoms with Crippen molar-refractivity contribution in [2.45, 2.75) is 13.1 Å².